The van der Waals surface area contributed by atoms with Gasteiger partial charge in [0.2, 0.25) is 0 Å². The maximum atomic E-state index is 12.5. The molecule has 0 aromatic heterocycles. The largest absolute Gasteiger partial charge is 0.466 e. The molecule has 3 rings (SSSR count). The van der Waals surface area contributed by atoms with Gasteiger partial charge in [0.15, 0.2) is 0 Å². The van der Waals surface area contributed by atoms with Gasteiger partial charge in [0, 0.05) is 4.47 Å². The Bertz CT molecular complexity index is 818. The Morgan fingerprint density at radius 1 is 1.08 bits per heavy atom. The number of ether oxygens (including phenoxy) is 1. The molecule has 0 spiro atoms. The van der Waals surface area contributed by atoms with E-state index < -0.39 is 12.0 Å². The lowest BCUT2D eigenvalue weighted by molar-refractivity contribution is -0.136. The van der Waals surface area contributed by atoms with Crippen molar-refractivity contribution in [1.82, 2.24) is 10.6 Å². The van der Waals surface area contributed by atoms with E-state index in [2.05, 4.69) is 26.6 Å². The molecule has 2 amide bonds. The average Bonchev–Trinajstić information content (AvgIpc) is 2.61. The number of nitrogens with one attached hydrogen (secondary N) is 2. The Kier molecular flexibility index (Phi) is 4.66. The van der Waals surface area contributed by atoms with Crippen LogP contribution in [-0.2, 0) is 9.53 Å². The predicted molar refractivity (Wildman–Crippen MR) is 93.9 cm³/mol. The molecule has 0 aliphatic carbocycles. The van der Waals surface area contributed by atoms with E-state index in [1.54, 1.807) is 0 Å². The van der Waals surface area contributed by atoms with Crippen molar-refractivity contribution in [2.24, 2.45) is 0 Å². The topological polar surface area (TPSA) is 67.4 Å². The minimum Gasteiger partial charge on any atom is -0.466 e. The van der Waals surface area contributed by atoms with E-state index in [9.17, 15) is 9.59 Å². The third-order valence-electron chi connectivity index (χ3n) is 3.76. The highest BCUT2D eigenvalue weighted by atomic mass is 79.9. The summed E-state index contributed by atoms with van der Waals surface area (Å²) >= 11 is 3.48. The summed E-state index contributed by atoms with van der Waals surface area (Å²) in [7, 11) is 1.32. The van der Waals surface area contributed by atoms with Gasteiger partial charge in [-0.2, -0.15) is 0 Å². The summed E-state index contributed by atoms with van der Waals surface area (Å²) in [6.07, 6.45) is 0. The van der Waals surface area contributed by atoms with Crippen molar-refractivity contribution in [1.29, 1.82) is 0 Å². The van der Waals surface area contributed by atoms with E-state index >= 15 is 0 Å². The highest BCUT2D eigenvalue weighted by molar-refractivity contribution is 9.10. The van der Waals surface area contributed by atoms with Crippen molar-refractivity contribution >= 4 is 33.6 Å². The minimum atomic E-state index is -0.614. The van der Waals surface area contributed by atoms with Crippen LogP contribution in [0.5, 0.6) is 0 Å². The molecule has 1 aliphatic heterocycles. The molecule has 0 saturated carbocycles. The molecule has 0 radical (unpaired) electrons. The number of rotatable bonds is 3. The van der Waals surface area contributed by atoms with Crippen LogP contribution in [0.3, 0.4) is 0 Å². The number of benzene rings is 2. The summed E-state index contributed by atoms with van der Waals surface area (Å²) in [5.74, 6) is -0.498. The fraction of sp³-hybridized carbons (Fsp3) is 0.111. The van der Waals surface area contributed by atoms with E-state index in [1.165, 1.54) is 7.11 Å². The Morgan fingerprint density at radius 2 is 1.75 bits per heavy atom. The number of amides is 2. The van der Waals surface area contributed by atoms with Gasteiger partial charge in [0.05, 0.1) is 24.4 Å². The lowest BCUT2D eigenvalue weighted by Gasteiger charge is -2.29. The zero-order chi connectivity index (χ0) is 17.1. The third kappa shape index (κ3) is 3.05. The van der Waals surface area contributed by atoms with Crippen LogP contribution in [0.1, 0.15) is 17.2 Å². The molecule has 1 aliphatic rings. The number of hydrogen-bond donors (Lipinski definition) is 2. The molecule has 1 unspecified atom stereocenters. The summed E-state index contributed by atoms with van der Waals surface area (Å²) in [6, 6.07) is 15.7. The monoisotopic (exact) mass is 386 g/mol. The second-order valence-corrected chi connectivity index (χ2v) is 6.05. The highest BCUT2D eigenvalue weighted by Gasteiger charge is 2.34. The van der Waals surface area contributed by atoms with Crippen LogP contribution in [0.25, 0.3) is 5.70 Å². The van der Waals surface area contributed by atoms with Crippen LogP contribution in [0.2, 0.25) is 0 Å². The zero-order valence-corrected chi connectivity index (χ0v) is 14.5. The summed E-state index contributed by atoms with van der Waals surface area (Å²) < 4.78 is 5.76. The quantitative estimate of drug-likeness (QED) is 0.794. The summed E-state index contributed by atoms with van der Waals surface area (Å²) in [5, 5.41) is 5.53. The second kappa shape index (κ2) is 6.88. The molecular formula is C18H15BrN2O3. The predicted octanol–water partition coefficient (Wildman–Crippen LogP) is 3.39. The lowest BCUT2D eigenvalue weighted by Crippen LogP contribution is -2.45. The zero-order valence-electron chi connectivity index (χ0n) is 12.9. The van der Waals surface area contributed by atoms with Crippen molar-refractivity contribution in [2.45, 2.75) is 6.04 Å². The minimum absolute atomic E-state index is 0.357. The van der Waals surface area contributed by atoms with Crippen molar-refractivity contribution in [3.63, 3.8) is 0 Å². The molecule has 6 heteroatoms. The number of carbonyl (C=O) groups is 2. The average molecular weight is 387 g/mol. The van der Waals surface area contributed by atoms with Crippen LogP contribution in [0.4, 0.5) is 4.79 Å². The number of halogens is 1. The van der Waals surface area contributed by atoms with E-state index in [-0.39, 0.29) is 6.03 Å². The van der Waals surface area contributed by atoms with Crippen molar-refractivity contribution in [3.8, 4) is 0 Å². The normalized spacial score (nSPS) is 17.1. The molecule has 24 heavy (non-hydrogen) atoms. The van der Waals surface area contributed by atoms with Gasteiger partial charge in [-0.15, -0.1) is 0 Å². The summed E-state index contributed by atoms with van der Waals surface area (Å²) in [5.41, 5.74) is 2.33. The molecule has 0 saturated heterocycles. The van der Waals surface area contributed by atoms with Crippen LogP contribution >= 0.6 is 15.9 Å². The van der Waals surface area contributed by atoms with E-state index in [4.69, 9.17) is 4.74 Å². The summed E-state index contributed by atoms with van der Waals surface area (Å²) in [4.78, 5) is 24.6. The Balaban J connectivity index is 2.22. The maximum absolute atomic E-state index is 12.5. The van der Waals surface area contributed by atoms with Gasteiger partial charge in [-0.1, -0.05) is 64.5 Å². The molecule has 1 heterocycles. The van der Waals surface area contributed by atoms with E-state index in [1.807, 2.05) is 54.6 Å². The molecule has 0 bridgehead atoms. The Morgan fingerprint density at radius 3 is 2.42 bits per heavy atom. The van der Waals surface area contributed by atoms with Gasteiger partial charge >= 0.3 is 12.0 Å². The van der Waals surface area contributed by atoms with Crippen LogP contribution in [-0.4, -0.2) is 19.1 Å². The van der Waals surface area contributed by atoms with Crippen LogP contribution in [0.15, 0.2) is 64.6 Å². The van der Waals surface area contributed by atoms with Gasteiger partial charge < -0.3 is 15.4 Å². The number of hydrogen-bond acceptors (Lipinski definition) is 3. The standard InChI is InChI=1S/C18H15BrN2O3/c1-24-17(22)14-15(11-7-3-2-4-8-11)20-18(23)21-16(14)12-9-5-6-10-13(12)19/h2-10,16H,1H3,(H2,20,21,23). The highest BCUT2D eigenvalue weighted by Crippen LogP contribution is 2.34. The first-order chi connectivity index (χ1) is 11.6. The smallest absolute Gasteiger partial charge is 0.338 e. The number of urea groups is 1. The number of carbonyl (C=O) groups excluding carboxylic acids is 2. The first-order valence-electron chi connectivity index (χ1n) is 7.31. The molecule has 0 fully saturated rings. The number of methoxy groups -OCH3 is 1. The molecule has 5 nitrogen and oxygen atoms in total. The van der Waals surface area contributed by atoms with E-state index in [0.29, 0.717) is 11.3 Å². The Labute approximate surface area is 147 Å². The van der Waals surface area contributed by atoms with Gasteiger partial charge in [0.25, 0.3) is 0 Å². The van der Waals surface area contributed by atoms with Crippen LogP contribution < -0.4 is 10.6 Å². The van der Waals surface area contributed by atoms with Gasteiger partial charge in [0.1, 0.15) is 0 Å². The second-order valence-electron chi connectivity index (χ2n) is 5.20. The number of esters is 1. The van der Waals surface area contributed by atoms with Gasteiger partial charge in [-0.3, -0.25) is 0 Å². The fourth-order valence-electron chi connectivity index (χ4n) is 2.67. The molecular weight excluding hydrogens is 372 g/mol. The van der Waals surface area contributed by atoms with E-state index in [0.717, 1.165) is 15.6 Å². The molecule has 122 valence electrons. The van der Waals surface area contributed by atoms with Gasteiger partial charge in [-0.05, 0) is 17.2 Å². The maximum Gasteiger partial charge on any atom is 0.338 e. The molecule has 1 atom stereocenters. The molecule has 2 aromatic carbocycles. The fourth-order valence-corrected chi connectivity index (χ4v) is 3.18. The van der Waals surface area contributed by atoms with Crippen LogP contribution in [0, 0.1) is 0 Å². The van der Waals surface area contributed by atoms with Crippen molar-refractivity contribution in [2.75, 3.05) is 7.11 Å². The summed E-state index contributed by atoms with van der Waals surface area (Å²) in [6.45, 7) is 0. The van der Waals surface area contributed by atoms with Gasteiger partial charge in [-0.25, -0.2) is 9.59 Å². The van der Waals surface area contributed by atoms with Crippen molar-refractivity contribution < 1.29 is 14.3 Å². The van der Waals surface area contributed by atoms with Crippen molar-refractivity contribution in [3.05, 3.63) is 75.8 Å². The SMILES string of the molecule is COC(=O)C1=C(c2ccccc2)NC(=O)NC1c1ccccc1Br. The Hall–Kier alpha value is -2.60. The molecule has 2 N–H and O–H groups in total. The molecule has 2 aromatic rings. The third-order valence-corrected chi connectivity index (χ3v) is 4.48. The lowest BCUT2D eigenvalue weighted by atomic mass is 9.93. The first-order valence-corrected chi connectivity index (χ1v) is 8.11. The first kappa shape index (κ1) is 16.3.